The number of amides is 4. The zero-order valence-corrected chi connectivity index (χ0v) is 19.6. The maximum absolute atomic E-state index is 12.6. The van der Waals surface area contributed by atoms with Crippen molar-refractivity contribution < 1.29 is 33.1 Å². The third kappa shape index (κ3) is 8.27. The van der Waals surface area contributed by atoms with E-state index in [4.69, 9.17) is 4.74 Å². The third-order valence-electron chi connectivity index (χ3n) is 5.56. The fourth-order valence-corrected chi connectivity index (χ4v) is 3.69. The standard InChI is InChI=1S/C23H33FN4O6/c1-15(2)20(27-23(33)34-14-16-7-4-3-5-8-16)22(32)26-13-19(30)28-10-6-9-18(28)21(31)25-12-17(29)11-24/h4,7-8,15,18,20H,3,5-6,9-14H2,1-2H3,(H,25,31)(H,26,32)(H,27,33)/t18-,20?/m0/s1. The quantitative estimate of drug-likeness (QED) is 0.400. The van der Waals surface area contributed by atoms with Crippen LogP contribution >= 0.6 is 0 Å². The van der Waals surface area contributed by atoms with Crippen LogP contribution in [0.3, 0.4) is 0 Å². The van der Waals surface area contributed by atoms with Crippen LogP contribution in [0.15, 0.2) is 23.8 Å². The molecule has 0 bridgehead atoms. The smallest absolute Gasteiger partial charge is 0.408 e. The van der Waals surface area contributed by atoms with Gasteiger partial charge in [-0.2, -0.15) is 0 Å². The van der Waals surface area contributed by atoms with E-state index in [1.165, 1.54) is 4.90 Å². The Morgan fingerprint density at radius 1 is 1.15 bits per heavy atom. The van der Waals surface area contributed by atoms with Crippen molar-refractivity contribution in [2.24, 2.45) is 5.92 Å². The van der Waals surface area contributed by atoms with Gasteiger partial charge in [-0.1, -0.05) is 32.1 Å². The number of nitrogens with one attached hydrogen (secondary N) is 3. The van der Waals surface area contributed by atoms with Crippen molar-refractivity contribution in [3.8, 4) is 0 Å². The van der Waals surface area contributed by atoms with E-state index in [9.17, 15) is 28.4 Å². The second-order valence-electron chi connectivity index (χ2n) is 8.55. The number of hydrogen-bond acceptors (Lipinski definition) is 6. The third-order valence-corrected chi connectivity index (χ3v) is 5.56. The fraction of sp³-hybridized carbons (Fsp3) is 0.609. The van der Waals surface area contributed by atoms with E-state index in [2.05, 4.69) is 16.0 Å². The molecule has 1 fully saturated rings. The van der Waals surface area contributed by atoms with E-state index in [0.29, 0.717) is 19.4 Å². The Bertz CT molecular complexity index is 841. The topological polar surface area (TPSA) is 134 Å². The summed E-state index contributed by atoms with van der Waals surface area (Å²) in [4.78, 5) is 62.1. The molecule has 1 saturated heterocycles. The first-order valence-corrected chi connectivity index (χ1v) is 11.4. The van der Waals surface area contributed by atoms with Crippen LogP contribution in [0.5, 0.6) is 0 Å². The van der Waals surface area contributed by atoms with Crippen molar-refractivity contribution in [2.45, 2.75) is 51.6 Å². The Morgan fingerprint density at radius 2 is 1.91 bits per heavy atom. The summed E-state index contributed by atoms with van der Waals surface area (Å²) in [5, 5.41) is 7.38. The number of carbonyl (C=O) groups excluding carboxylic acids is 5. The van der Waals surface area contributed by atoms with Crippen LogP contribution in [0.25, 0.3) is 0 Å². The van der Waals surface area contributed by atoms with Crippen molar-refractivity contribution in [3.05, 3.63) is 23.8 Å². The normalized spacial score (nSPS) is 18.2. The first-order chi connectivity index (χ1) is 16.2. The van der Waals surface area contributed by atoms with Gasteiger partial charge in [0, 0.05) is 6.54 Å². The summed E-state index contributed by atoms with van der Waals surface area (Å²) in [6.45, 7) is 1.96. The summed E-state index contributed by atoms with van der Waals surface area (Å²) in [5.41, 5.74) is 0.885. The van der Waals surface area contributed by atoms with Gasteiger partial charge < -0.3 is 25.6 Å². The summed E-state index contributed by atoms with van der Waals surface area (Å²) in [6.07, 6.45) is 7.96. The molecule has 10 nitrogen and oxygen atoms in total. The summed E-state index contributed by atoms with van der Waals surface area (Å²) in [5.74, 6) is -2.58. The Labute approximate surface area is 198 Å². The van der Waals surface area contributed by atoms with E-state index in [1.807, 2.05) is 18.2 Å². The zero-order chi connectivity index (χ0) is 25.1. The number of ether oxygens (including phenoxy) is 1. The molecule has 2 atom stereocenters. The lowest BCUT2D eigenvalue weighted by Gasteiger charge is -2.25. The van der Waals surface area contributed by atoms with Crippen LogP contribution in [0.2, 0.25) is 0 Å². The molecule has 0 aromatic carbocycles. The fourth-order valence-electron chi connectivity index (χ4n) is 3.69. The van der Waals surface area contributed by atoms with Crippen LogP contribution in [-0.4, -0.2) is 79.5 Å². The number of alkyl carbamates (subject to hydrolysis) is 1. The summed E-state index contributed by atoms with van der Waals surface area (Å²) < 4.78 is 17.5. The molecule has 3 N–H and O–H groups in total. The lowest BCUT2D eigenvalue weighted by Crippen LogP contribution is -2.53. The molecule has 0 aromatic rings. The van der Waals surface area contributed by atoms with E-state index in [0.717, 1.165) is 18.4 Å². The molecule has 11 heteroatoms. The average molecular weight is 481 g/mol. The van der Waals surface area contributed by atoms with Crippen LogP contribution in [0.1, 0.15) is 39.5 Å². The minimum absolute atomic E-state index is 0.0998. The molecular formula is C23H33FN4O6. The van der Waals surface area contributed by atoms with Gasteiger partial charge in [-0.3, -0.25) is 19.2 Å². The molecule has 1 aliphatic heterocycles. The van der Waals surface area contributed by atoms with Gasteiger partial charge in [-0.25, -0.2) is 9.18 Å². The van der Waals surface area contributed by atoms with Gasteiger partial charge in [-0.15, -0.1) is 0 Å². The van der Waals surface area contributed by atoms with E-state index >= 15 is 0 Å². The van der Waals surface area contributed by atoms with Crippen LogP contribution in [-0.2, 0) is 23.9 Å². The molecule has 34 heavy (non-hydrogen) atoms. The van der Waals surface area contributed by atoms with Crippen molar-refractivity contribution in [3.63, 3.8) is 0 Å². The molecule has 188 valence electrons. The lowest BCUT2D eigenvalue weighted by molar-refractivity contribution is -0.139. The van der Waals surface area contributed by atoms with Crippen molar-refractivity contribution in [1.29, 1.82) is 0 Å². The van der Waals surface area contributed by atoms with Gasteiger partial charge >= 0.3 is 6.09 Å². The van der Waals surface area contributed by atoms with Gasteiger partial charge in [0.05, 0.1) is 13.1 Å². The Morgan fingerprint density at radius 3 is 2.56 bits per heavy atom. The van der Waals surface area contributed by atoms with Crippen molar-refractivity contribution >= 4 is 29.6 Å². The highest BCUT2D eigenvalue weighted by molar-refractivity contribution is 5.93. The highest BCUT2D eigenvalue weighted by Gasteiger charge is 2.34. The minimum atomic E-state index is -1.17. The van der Waals surface area contributed by atoms with E-state index in [-0.39, 0.29) is 19.1 Å². The Hall–Kier alpha value is -3.24. The predicted octanol–water partition coefficient (Wildman–Crippen LogP) is 0.776. The maximum atomic E-state index is 12.6. The number of likely N-dealkylation sites (tertiary alicyclic amines) is 1. The number of allylic oxidation sites excluding steroid dienone is 2. The number of carbonyl (C=O) groups is 5. The van der Waals surface area contributed by atoms with Gasteiger partial charge in [0.15, 0.2) is 5.78 Å². The number of rotatable bonds is 11. The SMILES string of the molecule is CC(C)C(NC(=O)OCC1=CCCC=C1)C(=O)NCC(=O)N1CCC[C@H]1C(=O)NCC(=O)CF. The van der Waals surface area contributed by atoms with E-state index in [1.54, 1.807) is 13.8 Å². The van der Waals surface area contributed by atoms with Gasteiger partial charge in [0.25, 0.3) is 0 Å². The molecule has 2 rings (SSSR count). The number of ketones is 1. The Kier molecular flexibility index (Phi) is 10.7. The summed E-state index contributed by atoms with van der Waals surface area (Å²) in [7, 11) is 0. The minimum Gasteiger partial charge on any atom is -0.445 e. The second kappa shape index (κ2) is 13.5. The predicted molar refractivity (Wildman–Crippen MR) is 121 cm³/mol. The molecule has 0 saturated carbocycles. The van der Waals surface area contributed by atoms with Crippen molar-refractivity contribution in [2.75, 3.05) is 32.9 Å². The first-order valence-electron chi connectivity index (χ1n) is 11.4. The van der Waals surface area contributed by atoms with E-state index < -0.39 is 54.9 Å². The monoisotopic (exact) mass is 480 g/mol. The van der Waals surface area contributed by atoms with Crippen molar-refractivity contribution in [1.82, 2.24) is 20.9 Å². The maximum Gasteiger partial charge on any atom is 0.408 e. The molecule has 1 aliphatic carbocycles. The van der Waals surface area contributed by atoms with Gasteiger partial charge in [0.1, 0.15) is 25.4 Å². The highest BCUT2D eigenvalue weighted by atomic mass is 19.1. The number of Topliss-reactive ketones (excluding diaryl/α,β-unsaturated/α-hetero) is 1. The molecular weight excluding hydrogens is 447 g/mol. The lowest BCUT2D eigenvalue weighted by atomic mass is 10.0. The average Bonchev–Trinajstić information content (AvgIpc) is 3.33. The van der Waals surface area contributed by atoms with Crippen LogP contribution in [0, 0.1) is 5.92 Å². The molecule has 0 radical (unpaired) electrons. The first kappa shape index (κ1) is 27.0. The zero-order valence-electron chi connectivity index (χ0n) is 19.6. The molecule has 2 aliphatic rings. The molecule has 4 amide bonds. The van der Waals surface area contributed by atoms with Gasteiger partial charge in [-0.05, 0) is 37.2 Å². The highest BCUT2D eigenvalue weighted by Crippen LogP contribution is 2.17. The number of nitrogens with zero attached hydrogens (tertiary/aromatic N) is 1. The number of hydrogen-bond donors (Lipinski definition) is 3. The Balaban J connectivity index is 1.83. The summed E-state index contributed by atoms with van der Waals surface area (Å²) in [6, 6.07) is -1.70. The molecule has 1 unspecified atom stereocenters. The van der Waals surface area contributed by atoms with Crippen LogP contribution in [0.4, 0.5) is 9.18 Å². The second-order valence-corrected chi connectivity index (χ2v) is 8.55. The molecule has 0 aromatic heterocycles. The number of halogens is 1. The largest absolute Gasteiger partial charge is 0.445 e. The summed E-state index contributed by atoms with van der Waals surface area (Å²) >= 11 is 0. The molecule has 0 spiro atoms. The number of alkyl halides is 1. The van der Waals surface area contributed by atoms with Gasteiger partial charge in [0.2, 0.25) is 17.7 Å². The van der Waals surface area contributed by atoms with Crippen LogP contribution < -0.4 is 16.0 Å². The molecule has 1 heterocycles.